The molecule has 0 saturated heterocycles. The van der Waals surface area contributed by atoms with Gasteiger partial charge < -0.3 is 5.73 Å². The number of halogens is 1. The molecule has 2 aromatic rings. The van der Waals surface area contributed by atoms with Crippen LogP contribution in [0.1, 0.15) is 22.3 Å². The third-order valence-corrected chi connectivity index (χ3v) is 5.55. The smallest absolute Gasteiger partial charge is 0.182 e. The summed E-state index contributed by atoms with van der Waals surface area (Å²) in [7, 11) is -3.41. The van der Waals surface area contributed by atoms with Crippen molar-refractivity contribution in [1.82, 2.24) is 0 Å². The van der Waals surface area contributed by atoms with Crippen molar-refractivity contribution in [3.05, 3.63) is 63.7 Å². The molecular formula is C16H18ClNO2S. The maximum absolute atomic E-state index is 12.5. The first-order valence-electron chi connectivity index (χ1n) is 6.61. The van der Waals surface area contributed by atoms with E-state index in [4.69, 9.17) is 17.3 Å². The Bertz CT molecular complexity index is 770. The van der Waals surface area contributed by atoms with E-state index in [1.54, 1.807) is 30.3 Å². The van der Waals surface area contributed by atoms with Gasteiger partial charge in [0.05, 0.1) is 10.6 Å². The lowest BCUT2D eigenvalue weighted by Crippen LogP contribution is -2.06. The third kappa shape index (κ3) is 3.64. The number of sulfone groups is 1. The number of hydrogen-bond acceptors (Lipinski definition) is 3. The summed E-state index contributed by atoms with van der Waals surface area (Å²) in [5.74, 6) is -0.112. The van der Waals surface area contributed by atoms with E-state index in [0.717, 1.165) is 16.7 Å². The number of hydrogen-bond donors (Lipinski definition) is 1. The van der Waals surface area contributed by atoms with Gasteiger partial charge in [-0.25, -0.2) is 8.42 Å². The summed E-state index contributed by atoms with van der Waals surface area (Å²) in [4.78, 5) is 0.324. The molecule has 112 valence electrons. The van der Waals surface area contributed by atoms with Crippen LogP contribution < -0.4 is 5.73 Å². The molecule has 0 radical (unpaired) electrons. The molecule has 0 aromatic heterocycles. The molecule has 3 nitrogen and oxygen atoms in total. The van der Waals surface area contributed by atoms with Crippen LogP contribution in [0.15, 0.2) is 41.3 Å². The van der Waals surface area contributed by atoms with Crippen LogP contribution in [-0.2, 0) is 22.1 Å². The number of aryl methyl sites for hydroxylation is 2. The van der Waals surface area contributed by atoms with Crippen molar-refractivity contribution >= 4 is 21.4 Å². The molecule has 0 bridgehead atoms. The summed E-state index contributed by atoms with van der Waals surface area (Å²) in [5, 5.41) is 0.436. The molecule has 0 amide bonds. The summed E-state index contributed by atoms with van der Waals surface area (Å²) in [6.45, 7) is 4.23. The molecule has 0 fully saturated rings. The van der Waals surface area contributed by atoms with Crippen LogP contribution >= 0.6 is 11.6 Å². The van der Waals surface area contributed by atoms with Crippen LogP contribution in [0.2, 0.25) is 5.02 Å². The van der Waals surface area contributed by atoms with Gasteiger partial charge in [-0.1, -0.05) is 29.8 Å². The second-order valence-electron chi connectivity index (χ2n) is 5.14. The van der Waals surface area contributed by atoms with E-state index >= 15 is 0 Å². The monoisotopic (exact) mass is 323 g/mol. The van der Waals surface area contributed by atoms with E-state index in [0.29, 0.717) is 22.0 Å². The molecule has 0 aliphatic rings. The Balaban J connectivity index is 2.35. The predicted octanol–water partition coefficient (Wildman–Crippen LogP) is 3.39. The molecule has 2 N–H and O–H groups in total. The van der Waals surface area contributed by atoms with Gasteiger partial charge in [0.15, 0.2) is 9.84 Å². The summed E-state index contributed by atoms with van der Waals surface area (Å²) in [6.07, 6.45) is 0. The summed E-state index contributed by atoms with van der Waals surface area (Å²) >= 11 is 6.14. The molecule has 2 aromatic carbocycles. The Kier molecular flexibility index (Phi) is 4.71. The molecule has 0 saturated carbocycles. The van der Waals surface area contributed by atoms with Crippen LogP contribution in [0, 0.1) is 13.8 Å². The Hall–Kier alpha value is -1.36. The normalized spacial score (nSPS) is 11.6. The van der Waals surface area contributed by atoms with Crippen molar-refractivity contribution in [3.8, 4) is 0 Å². The van der Waals surface area contributed by atoms with Gasteiger partial charge in [-0.3, -0.25) is 0 Å². The molecule has 0 heterocycles. The third-order valence-electron chi connectivity index (χ3n) is 3.54. The fourth-order valence-electron chi connectivity index (χ4n) is 2.03. The molecule has 21 heavy (non-hydrogen) atoms. The average molecular weight is 324 g/mol. The minimum atomic E-state index is -3.41. The van der Waals surface area contributed by atoms with Gasteiger partial charge in [-0.05, 0) is 54.3 Å². The SMILES string of the molecule is Cc1ccc(S(=O)(=O)Cc2ccc(CN)cc2Cl)cc1C. The van der Waals surface area contributed by atoms with Crippen LogP contribution in [0.3, 0.4) is 0 Å². The molecular weight excluding hydrogens is 306 g/mol. The molecule has 0 aliphatic heterocycles. The zero-order valence-corrected chi connectivity index (χ0v) is 13.6. The largest absolute Gasteiger partial charge is 0.326 e. The average Bonchev–Trinajstić information content (AvgIpc) is 2.43. The molecule has 0 aliphatic carbocycles. The first-order chi connectivity index (χ1) is 9.83. The van der Waals surface area contributed by atoms with E-state index in [9.17, 15) is 8.42 Å². The first kappa shape index (κ1) is 16.0. The Morgan fingerprint density at radius 3 is 2.33 bits per heavy atom. The zero-order valence-electron chi connectivity index (χ0n) is 12.1. The van der Waals surface area contributed by atoms with Gasteiger partial charge in [0, 0.05) is 11.6 Å². The van der Waals surface area contributed by atoms with E-state index in [1.165, 1.54) is 0 Å². The van der Waals surface area contributed by atoms with Crippen molar-refractivity contribution in [2.24, 2.45) is 5.73 Å². The predicted molar refractivity (Wildman–Crippen MR) is 86.1 cm³/mol. The van der Waals surface area contributed by atoms with Crippen LogP contribution in [0.4, 0.5) is 0 Å². The van der Waals surface area contributed by atoms with E-state index < -0.39 is 9.84 Å². The lowest BCUT2D eigenvalue weighted by molar-refractivity contribution is 0.595. The van der Waals surface area contributed by atoms with Crippen molar-refractivity contribution in [1.29, 1.82) is 0 Å². The van der Waals surface area contributed by atoms with Gasteiger partial charge in [0.25, 0.3) is 0 Å². The highest BCUT2D eigenvalue weighted by molar-refractivity contribution is 7.90. The first-order valence-corrected chi connectivity index (χ1v) is 8.64. The number of benzene rings is 2. The van der Waals surface area contributed by atoms with Gasteiger partial charge in [0.1, 0.15) is 0 Å². The second-order valence-corrected chi connectivity index (χ2v) is 7.53. The topological polar surface area (TPSA) is 60.2 Å². The van der Waals surface area contributed by atoms with Crippen LogP contribution in [0.25, 0.3) is 0 Å². The molecule has 0 atom stereocenters. The van der Waals surface area contributed by atoms with Crippen molar-refractivity contribution in [3.63, 3.8) is 0 Å². The van der Waals surface area contributed by atoms with Gasteiger partial charge >= 0.3 is 0 Å². The quantitative estimate of drug-likeness (QED) is 0.938. The van der Waals surface area contributed by atoms with Crippen LogP contribution in [-0.4, -0.2) is 8.42 Å². The van der Waals surface area contributed by atoms with Gasteiger partial charge in [-0.15, -0.1) is 0 Å². The number of rotatable bonds is 4. The van der Waals surface area contributed by atoms with E-state index in [2.05, 4.69) is 0 Å². The maximum Gasteiger partial charge on any atom is 0.182 e. The van der Waals surface area contributed by atoms with Crippen LogP contribution in [0.5, 0.6) is 0 Å². The Morgan fingerprint density at radius 2 is 1.76 bits per heavy atom. The standard InChI is InChI=1S/C16H18ClNO2S/c1-11-3-6-15(7-12(11)2)21(19,20)10-14-5-4-13(9-18)8-16(14)17/h3-8H,9-10,18H2,1-2H3. The fraction of sp³-hybridized carbons (Fsp3) is 0.250. The van der Waals surface area contributed by atoms with E-state index in [1.807, 2.05) is 19.9 Å². The highest BCUT2D eigenvalue weighted by Crippen LogP contribution is 2.24. The van der Waals surface area contributed by atoms with Crippen molar-refractivity contribution in [2.75, 3.05) is 0 Å². The maximum atomic E-state index is 12.5. The minimum Gasteiger partial charge on any atom is -0.326 e. The molecule has 0 unspecified atom stereocenters. The zero-order chi connectivity index (χ0) is 15.6. The van der Waals surface area contributed by atoms with E-state index in [-0.39, 0.29) is 5.75 Å². The molecule has 5 heteroatoms. The lowest BCUT2D eigenvalue weighted by atomic mass is 10.1. The summed E-state index contributed by atoms with van der Waals surface area (Å²) in [6, 6.07) is 10.4. The second kappa shape index (κ2) is 6.18. The van der Waals surface area contributed by atoms with Crippen molar-refractivity contribution < 1.29 is 8.42 Å². The summed E-state index contributed by atoms with van der Waals surface area (Å²) < 4.78 is 25.0. The Morgan fingerprint density at radius 1 is 1.05 bits per heavy atom. The highest BCUT2D eigenvalue weighted by Gasteiger charge is 2.17. The lowest BCUT2D eigenvalue weighted by Gasteiger charge is -2.09. The number of nitrogens with two attached hydrogens (primary N) is 1. The highest BCUT2D eigenvalue weighted by atomic mass is 35.5. The Labute approximate surface area is 130 Å². The molecule has 2 rings (SSSR count). The minimum absolute atomic E-state index is 0.112. The fourth-order valence-corrected chi connectivity index (χ4v) is 3.84. The van der Waals surface area contributed by atoms with Crippen molar-refractivity contribution in [2.45, 2.75) is 31.0 Å². The van der Waals surface area contributed by atoms with Gasteiger partial charge in [-0.2, -0.15) is 0 Å². The van der Waals surface area contributed by atoms with Gasteiger partial charge in [0.2, 0.25) is 0 Å². The summed E-state index contributed by atoms with van der Waals surface area (Å²) in [5.41, 5.74) is 9.04. The molecule has 0 spiro atoms.